The second-order valence-corrected chi connectivity index (χ2v) is 12.9. The molecule has 3 saturated carbocycles. The number of hydrogen-bond acceptors (Lipinski definition) is 9. The van der Waals surface area contributed by atoms with E-state index in [2.05, 4.69) is 19.9 Å². The van der Waals surface area contributed by atoms with Gasteiger partial charge in [-0.05, 0) is 61.7 Å². The van der Waals surface area contributed by atoms with Gasteiger partial charge in [-0.3, -0.25) is 9.59 Å². The maximum atomic E-state index is 11.9. The predicted octanol–water partition coefficient (Wildman–Crippen LogP) is 2.84. The summed E-state index contributed by atoms with van der Waals surface area (Å²) in [6.45, 7) is 9.24. The van der Waals surface area contributed by atoms with Gasteiger partial charge in [-0.25, -0.2) is 0 Å². The van der Waals surface area contributed by atoms with Crippen LogP contribution in [0.3, 0.4) is 0 Å². The third kappa shape index (κ3) is 4.62. The van der Waals surface area contributed by atoms with E-state index in [0.29, 0.717) is 12.3 Å². The summed E-state index contributed by atoms with van der Waals surface area (Å²) in [6.07, 6.45) is 2.57. The minimum Gasteiger partial charge on any atom is -0.462 e. The molecule has 9 nitrogen and oxygen atoms in total. The van der Waals surface area contributed by atoms with Gasteiger partial charge in [0.05, 0.1) is 12.2 Å². The Bertz CT molecular complexity index is 966. The summed E-state index contributed by atoms with van der Waals surface area (Å²) in [5.41, 5.74) is 0.999. The highest BCUT2D eigenvalue weighted by molar-refractivity contribution is 5.66. The fourth-order valence-corrected chi connectivity index (χ4v) is 8.69. The summed E-state index contributed by atoms with van der Waals surface area (Å²) in [6, 6.07) is 0. The van der Waals surface area contributed by atoms with Crippen molar-refractivity contribution in [2.45, 2.75) is 123 Å². The molecule has 5 aliphatic rings. The Hall–Kier alpha value is -1.52. The molecule has 0 aromatic heterocycles. The lowest BCUT2D eigenvalue weighted by atomic mass is 9.47. The van der Waals surface area contributed by atoms with Crippen molar-refractivity contribution in [2.75, 3.05) is 0 Å². The summed E-state index contributed by atoms with van der Waals surface area (Å²) in [4.78, 5) is 23.6. The van der Waals surface area contributed by atoms with E-state index in [-0.39, 0.29) is 52.9 Å². The van der Waals surface area contributed by atoms with Gasteiger partial charge >= 0.3 is 11.9 Å². The maximum Gasteiger partial charge on any atom is 0.302 e. The second kappa shape index (κ2) is 10.1. The van der Waals surface area contributed by atoms with E-state index < -0.39 is 30.7 Å². The highest BCUT2D eigenvalue weighted by Gasteiger charge is 2.62. The molecule has 4 aliphatic carbocycles. The van der Waals surface area contributed by atoms with Crippen LogP contribution in [0.15, 0.2) is 11.6 Å². The van der Waals surface area contributed by atoms with E-state index in [4.69, 9.17) is 18.9 Å². The molecule has 4 fully saturated rings. The number of rotatable bonds is 4. The zero-order valence-corrected chi connectivity index (χ0v) is 23.2. The molecule has 13 atom stereocenters. The number of carbonyl (C=O) groups excluding carboxylic acids is 2. The maximum absolute atomic E-state index is 11.9. The van der Waals surface area contributed by atoms with Gasteiger partial charge in [0.1, 0.15) is 18.3 Å². The van der Waals surface area contributed by atoms with Crippen LogP contribution in [0.2, 0.25) is 0 Å². The lowest BCUT2D eigenvalue weighted by Crippen LogP contribution is -2.59. The Morgan fingerprint density at radius 2 is 1.66 bits per heavy atom. The van der Waals surface area contributed by atoms with Crippen molar-refractivity contribution in [3.05, 3.63) is 11.6 Å². The average molecular weight is 537 g/mol. The Kier molecular flexibility index (Phi) is 7.48. The smallest absolute Gasteiger partial charge is 0.302 e. The molecule has 0 amide bonds. The zero-order chi connectivity index (χ0) is 27.6. The van der Waals surface area contributed by atoms with Crippen LogP contribution < -0.4 is 0 Å². The normalized spacial score (nSPS) is 50.2. The fourth-order valence-electron chi connectivity index (χ4n) is 8.69. The molecule has 1 heterocycles. The van der Waals surface area contributed by atoms with Gasteiger partial charge in [0.15, 0.2) is 12.6 Å². The van der Waals surface area contributed by atoms with E-state index in [1.807, 2.05) is 0 Å². The molecule has 38 heavy (non-hydrogen) atoms. The molecule has 0 spiro atoms. The van der Waals surface area contributed by atoms with Crippen LogP contribution in [0.4, 0.5) is 0 Å². The standard InChI is InChI=1S/C29H44O9/c1-14-24(32)25(33)26(34)38-27(14)37-21-13-17-12-18(35-15(2)30)8-10-28(17,4)20-9-11-29(5)19(23(20)21)6-7-22(29)36-16(3)31/h13-14,18-27,32-34H,6-12H2,1-5H3/t14?,18-,19?,20?,21-,22-,23?,24?,25?,26?,27?,28-,29-/m0/s1. The van der Waals surface area contributed by atoms with Crippen molar-refractivity contribution in [3.63, 3.8) is 0 Å². The van der Waals surface area contributed by atoms with Crippen molar-refractivity contribution in [3.8, 4) is 0 Å². The molecule has 8 unspecified atom stereocenters. The number of ether oxygens (including phenoxy) is 4. The number of aliphatic hydroxyl groups excluding tert-OH is 3. The van der Waals surface area contributed by atoms with Crippen molar-refractivity contribution >= 4 is 11.9 Å². The third-order valence-electron chi connectivity index (χ3n) is 10.8. The summed E-state index contributed by atoms with van der Waals surface area (Å²) in [5, 5.41) is 30.9. The largest absolute Gasteiger partial charge is 0.462 e. The Labute approximate surface area is 224 Å². The number of esters is 2. The van der Waals surface area contributed by atoms with Crippen molar-refractivity contribution in [2.24, 2.45) is 34.5 Å². The monoisotopic (exact) mass is 536 g/mol. The molecular weight excluding hydrogens is 492 g/mol. The molecule has 0 aromatic rings. The van der Waals surface area contributed by atoms with Gasteiger partial charge in [0, 0.05) is 31.6 Å². The SMILES string of the molecule is CC(=O)O[C@H]1CC[C@@]2(C)C(=C[C@H](OC3OC(O)C(O)C(O)C3C)C3C2CC[C@@]2(C)C3CC[C@@H]2OC(C)=O)C1. The summed E-state index contributed by atoms with van der Waals surface area (Å²) in [7, 11) is 0. The molecule has 5 rings (SSSR count). The van der Waals surface area contributed by atoms with Gasteiger partial charge < -0.3 is 34.3 Å². The first-order valence-electron chi connectivity index (χ1n) is 14.3. The number of fused-ring (bicyclic) bond motifs is 5. The Balaban J connectivity index is 1.50. The minimum atomic E-state index is -1.54. The highest BCUT2D eigenvalue weighted by atomic mass is 16.7. The third-order valence-corrected chi connectivity index (χ3v) is 10.8. The first-order chi connectivity index (χ1) is 17.8. The van der Waals surface area contributed by atoms with Gasteiger partial charge in [-0.1, -0.05) is 32.4 Å². The molecule has 0 radical (unpaired) electrons. The van der Waals surface area contributed by atoms with Crippen LogP contribution in [-0.2, 0) is 28.5 Å². The van der Waals surface area contributed by atoms with Gasteiger partial charge in [-0.15, -0.1) is 0 Å². The van der Waals surface area contributed by atoms with Crippen LogP contribution in [0.25, 0.3) is 0 Å². The topological polar surface area (TPSA) is 132 Å². The number of aliphatic hydroxyl groups is 3. The summed E-state index contributed by atoms with van der Waals surface area (Å²) >= 11 is 0. The Morgan fingerprint density at radius 1 is 0.947 bits per heavy atom. The molecular formula is C29H44O9. The summed E-state index contributed by atoms with van der Waals surface area (Å²) < 4.78 is 23.7. The van der Waals surface area contributed by atoms with Gasteiger partial charge in [0.2, 0.25) is 0 Å². The fraction of sp³-hybridized carbons (Fsp3) is 0.862. The van der Waals surface area contributed by atoms with Crippen molar-refractivity contribution in [1.29, 1.82) is 0 Å². The zero-order valence-electron chi connectivity index (χ0n) is 23.2. The second-order valence-electron chi connectivity index (χ2n) is 12.9. The molecule has 0 aromatic carbocycles. The van der Waals surface area contributed by atoms with Crippen LogP contribution in [-0.4, -0.2) is 70.4 Å². The molecule has 1 saturated heterocycles. The highest BCUT2D eigenvalue weighted by Crippen LogP contribution is 2.66. The van der Waals surface area contributed by atoms with Gasteiger partial charge in [0.25, 0.3) is 0 Å². The molecule has 214 valence electrons. The average Bonchev–Trinajstić information content (AvgIpc) is 3.17. The molecule has 0 bridgehead atoms. The number of carbonyl (C=O) groups is 2. The molecule has 3 N–H and O–H groups in total. The molecule has 1 aliphatic heterocycles. The lowest BCUT2D eigenvalue weighted by molar-refractivity contribution is -0.338. The quantitative estimate of drug-likeness (QED) is 0.367. The van der Waals surface area contributed by atoms with Crippen molar-refractivity contribution < 1.29 is 43.9 Å². The first kappa shape index (κ1) is 28.0. The van der Waals surface area contributed by atoms with Crippen LogP contribution in [0, 0.1) is 34.5 Å². The van der Waals surface area contributed by atoms with Crippen LogP contribution >= 0.6 is 0 Å². The first-order valence-corrected chi connectivity index (χ1v) is 14.3. The van der Waals surface area contributed by atoms with E-state index >= 15 is 0 Å². The van der Waals surface area contributed by atoms with E-state index in [1.54, 1.807) is 6.92 Å². The van der Waals surface area contributed by atoms with Crippen LogP contribution in [0.5, 0.6) is 0 Å². The van der Waals surface area contributed by atoms with Gasteiger partial charge in [-0.2, -0.15) is 0 Å². The van der Waals surface area contributed by atoms with Crippen LogP contribution in [0.1, 0.15) is 79.6 Å². The van der Waals surface area contributed by atoms with E-state index in [0.717, 1.165) is 38.5 Å². The molecule has 9 heteroatoms. The summed E-state index contributed by atoms with van der Waals surface area (Å²) in [5.74, 6) is -0.367. The lowest BCUT2D eigenvalue weighted by Gasteiger charge is -2.59. The minimum absolute atomic E-state index is 0.0592. The Morgan fingerprint density at radius 3 is 2.34 bits per heavy atom. The number of hydrogen-bond donors (Lipinski definition) is 3. The predicted molar refractivity (Wildman–Crippen MR) is 135 cm³/mol. The van der Waals surface area contributed by atoms with E-state index in [1.165, 1.54) is 19.4 Å². The van der Waals surface area contributed by atoms with Crippen molar-refractivity contribution in [1.82, 2.24) is 0 Å². The van der Waals surface area contributed by atoms with E-state index in [9.17, 15) is 24.9 Å².